The van der Waals surface area contributed by atoms with E-state index in [1.54, 1.807) is 0 Å². The molecule has 2 aromatic carbocycles. The molecule has 0 radical (unpaired) electrons. The Labute approximate surface area is 115 Å². The average molecular weight is 252 g/mol. The van der Waals surface area contributed by atoms with Crippen LogP contribution in [-0.4, -0.2) is 6.61 Å². The second-order valence-corrected chi connectivity index (χ2v) is 6.22. The number of fused-ring (bicyclic) bond motifs is 1. The standard InChI is InChI=1S/C18H20O/c1-18(2,3)16-7-5-4-6-15(16)13-8-9-17-14(12-13)10-11-19-17/h4-9,12H,10-11H2,1-3H3. The van der Waals surface area contributed by atoms with Crippen molar-refractivity contribution in [2.45, 2.75) is 32.6 Å². The highest BCUT2D eigenvalue weighted by molar-refractivity contribution is 5.70. The molecule has 0 amide bonds. The van der Waals surface area contributed by atoms with Gasteiger partial charge in [0.2, 0.25) is 0 Å². The Morgan fingerprint density at radius 2 is 1.79 bits per heavy atom. The lowest BCUT2D eigenvalue weighted by Crippen LogP contribution is -2.12. The van der Waals surface area contributed by atoms with E-state index < -0.39 is 0 Å². The van der Waals surface area contributed by atoms with Crippen molar-refractivity contribution in [1.29, 1.82) is 0 Å². The molecule has 0 unspecified atom stereocenters. The van der Waals surface area contributed by atoms with Crippen LogP contribution in [0.15, 0.2) is 42.5 Å². The highest BCUT2D eigenvalue weighted by Crippen LogP contribution is 2.36. The topological polar surface area (TPSA) is 9.23 Å². The van der Waals surface area contributed by atoms with Gasteiger partial charge in [-0.15, -0.1) is 0 Å². The zero-order valence-electron chi connectivity index (χ0n) is 11.9. The summed E-state index contributed by atoms with van der Waals surface area (Å²) in [7, 11) is 0. The first-order chi connectivity index (χ1) is 9.05. The fourth-order valence-corrected chi connectivity index (χ4v) is 2.74. The van der Waals surface area contributed by atoms with Crippen LogP contribution < -0.4 is 4.74 Å². The zero-order chi connectivity index (χ0) is 13.5. The lowest BCUT2D eigenvalue weighted by molar-refractivity contribution is 0.357. The van der Waals surface area contributed by atoms with Crippen LogP contribution in [0.3, 0.4) is 0 Å². The van der Waals surface area contributed by atoms with Crippen LogP contribution in [-0.2, 0) is 11.8 Å². The highest BCUT2D eigenvalue weighted by Gasteiger charge is 2.19. The summed E-state index contributed by atoms with van der Waals surface area (Å²) in [6.45, 7) is 7.62. The smallest absolute Gasteiger partial charge is 0.122 e. The first kappa shape index (κ1) is 12.3. The molecular formula is C18H20O. The summed E-state index contributed by atoms with van der Waals surface area (Å²) in [5.41, 5.74) is 5.53. The molecule has 0 spiro atoms. The Kier molecular flexibility index (Phi) is 2.85. The summed E-state index contributed by atoms with van der Waals surface area (Å²) >= 11 is 0. The van der Waals surface area contributed by atoms with Crippen LogP contribution in [0.25, 0.3) is 11.1 Å². The molecule has 0 fully saturated rings. The Hall–Kier alpha value is -1.76. The van der Waals surface area contributed by atoms with Crippen molar-refractivity contribution >= 4 is 0 Å². The predicted octanol–water partition coefficient (Wildman–Crippen LogP) is 4.59. The van der Waals surface area contributed by atoms with Gasteiger partial charge in [-0.2, -0.15) is 0 Å². The third-order valence-electron chi connectivity index (χ3n) is 3.74. The maximum Gasteiger partial charge on any atom is 0.122 e. The van der Waals surface area contributed by atoms with Crippen LogP contribution in [0.4, 0.5) is 0 Å². The zero-order valence-corrected chi connectivity index (χ0v) is 11.9. The molecule has 0 saturated carbocycles. The van der Waals surface area contributed by atoms with Crippen LogP contribution in [0.2, 0.25) is 0 Å². The van der Waals surface area contributed by atoms with Gasteiger partial charge in [0, 0.05) is 6.42 Å². The summed E-state index contributed by atoms with van der Waals surface area (Å²) < 4.78 is 5.59. The summed E-state index contributed by atoms with van der Waals surface area (Å²) in [6, 6.07) is 15.3. The maximum absolute atomic E-state index is 5.59. The maximum atomic E-state index is 5.59. The van der Waals surface area contributed by atoms with Gasteiger partial charge in [-0.05, 0) is 39.8 Å². The van der Waals surface area contributed by atoms with Gasteiger partial charge in [0.1, 0.15) is 5.75 Å². The number of hydrogen-bond donors (Lipinski definition) is 0. The van der Waals surface area contributed by atoms with Gasteiger partial charge in [0.05, 0.1) is 6.61 Å². The van der Waals surface area contributed by atoms with Crippen molar-refractivity contribution in [3.8, 4) is 16.9 Å². The quantitative estimate of drug-likeness (QED) is 0.721. The minimum atomic E-state index is 0.159. The van der Waals surface area contributed by atoms with Gasteiger partial charge in [0.15, 0.2) is 0 Å². The summed E-state index contributed by atoms with van der Waals surface area (Å²) in [5, 5.41) is 0. The van der Waals surface area contributed by atoms with E-state index in [4.69, 9.17) is 4.74 Å². The van der Waals surface area contributed by atoms with E-state index >= 15 is 0 Å². The van der Waals surface area contributed by atoms with E-state index in [0.717, 1.165) is 18.8 Å². The Bertz CT molecular complexity index is 605. The van der Waals surface area contributed by atoms with E-state index in [-0.39, 0.29) is 5.41 Å². The molecule has 2 aromatic rings. The Morgan fingerprint density at radius 3 is 2.58 bits per heavy atom. The largest absolute Gasteiger partial charge is 0.493 e. The fraction of sp³-hybridized carbons (Fsp3) is 0.333. The second-order valence-electron chi connectivity index (χ2n) is 6.22. The molecule has 1 nitrogen and oxygen atoms in total. The van der Waals surface area contributed by atoms with Crippen molar-refractivity contribution in [3.63, 3.8) is 0 Å². The number of benzene rings is 2. The van der Waals surface area contributed by atoms with Crippen molar-refractivity contribution in [1.82, 2.24) is 0 Å². The molecule has 0 aliphatic carbocycles. The molecular weight excluding hydrogens is 232 g/mol. The molecule has 19 heavy (non-hydrogen) atoms. The second kappa shape index (κ2) is 4.41. The monoisotopic (exact) mass is 252 g/mol. The molecule has 0 aromatic heterocycles. The Morgan fingerprint density at radius 1 is 1.00 bits per heavy atom. The molecule has 1 aliphatic heterocycles. The average Bonchev–Trinajstić information content (AvgIpc) is 2.85. The van der Waals surface area contributed by atoms with Crippen LogP contribution in [0.5, 0.6) is 5.75 Å². The normalized spacial score (nSPS) is 14.1. The lowest BCUT2D eigenvalue weighted by atomic mass is 9.81. The lowest BCUT2D eigenvalue weighted by Gasteiger charge is -2.23. The van der Waals surface area contributed by atoms with Gasteiger partial charge in [-0.3, -0.25) is 0 Å². The van der Waals surface area contributed by atoms with E-state index in [9.17, 15) is 0 Å². The molecule has 1 heterocycles. The minimum absolute atomic E-state index is 0.159. The van der Waals surface area contributed by atoms with E-state index in [2.05, 4.69) is 63.2 Å². The van der Waals surface area contributed by atoms with Crippen molar-refractivity contribution in [2.75, 3.05) is 6.61 Å². The number of ether oxygens (including phenoxy) is 1. The third kappa shape index (κ3) is 2.25. The van der Waals surface area contributed by atoms with Crippen molar-refractivity contribution in [3.05, 3.63) is 53.6 Å². The molecule has 98 valence electrons. The molecule has 0 N–H and O–H groups in total. The van der Waals surface area contributed by atoms with E-state index in [1.807, 2.05) is 0 Å². The molecule has 1 heteroatoms. The van der Waals surface area contributed by atoms with Crippen molar-refractivity contribution in [2.24, 2.45) is 0 Å². The molecule has 3 rings (SSSR count). The third-order valence-corrected chi connectivity index (χ3v) is 3.74. The van der Waals surface area contributed by atoms with Crippen LogP contribution in [0, 0.1) is 0 Å². The van der Waals surface area contributed by atoms with Crippen LogP contribution >= 0.6 is 0 Å². The molecule has 0 saturated heterocycles. The minimum Gasteiger partial charge on any atom is -0.493 e. The number of hydrogen-bond acceptors (Lipinski definition) is 1. The predicted molar refractivity (Wildman–Crippen MR) is 79.8 cm³/mol. The first-order valence-electron chi connectivity index (χ1n) is 6.91. The number of rotatable bonds is 1. The summed E-state index contributed by atoms with van der Waals surface area (Å²) in [6.07, 6.45) is 1.03. The van der Waals surface area contributed by atoms with Gasteiger partial charge >= 0.3 is 0 Å². The van der Waals surface area contributed by atoms with Gasteiger partial charge in [0.25, 0.3) is 0 Å². The summed E-state index contributed by atoms with van der Waals surface area (Å²) in [5.74, 6) is 1.05. The fourth-order valence-electron chi connectivity index (χ4n) is 2.74. The van der Waals surface area contributed by atoms with E-state index in [1.165, 1.54) is 22.3 Å². The van der Waals surface area contributed by atoms with Crippen LogP contribution in [0.1, 0.15) is 31.9 Å². The Balaban J connectivity index is 2.12. The summed E-state index contributed by atoms with van der Waals surface area (Å²) in [4.78, 5) is 0. The van der Waals surface area contributed by atoms with E-state index in [0.29, 0.717) is 0 Å². The first-order valence-corrected chi connectivity index (χ1v) is 6.91. The highest BCUT2D eigenvalue weighted by atomic mass is 16.5. The molecule has 0 bridgehead atoms. The molecule has 1 aliphatic rings. The molecule has 0 atom stereocenters. The van der Waals surface area contributed by atoms with Gasteiger partial charge < -0.3 is 4.74 Å². The van der Waals surface area contributed by atoms with Crippen molar-refractivity contribution < 1.29 is 4.74 Å². The SMILES string of the molecule is CC(C)(C)c1ccccc1-c1ccc2c(c1)CCO2. The van der Waals surface area contributed by atoms with Gasteiger partial charge in [-0.1, -0.05) is 51.1 Å². The van der Waals surface area contributed by atoms with Gasteiger partial charge in [-0.25, -0.2) is 0 Å².